The highest BCUT2D eigenvalue weighted by Gasteiger charge is 2.23. The van der Waals surface area contributed by atoms with Gasteiger partial charge in [-0.25, -0.2) is 13.1 Å². The molecule has 0 atom stereocenters. The zero-order valence-corrected chi connectivity index (χ0v) is 13.5. The first-order valence-electron chi connectivity index (χ1n) is 6.97. The summed E-state index contributed by atoms with van der Waals surface area (Å²) in [7, 11) is -0.453. The molecule has 0 bridgehead atoms. The quantitative estimate of drug-likeness (QED) is 0.779. The van der Waals surface area contributed by atoms with E-state index in [1.807, 2.05) is 0 Å². The van der Waals surface area contributed by atoms with Crippen molar-refractivity contribution < 1.29 is 22.7 Å². The van der Waals surface area contributed by atoms with Gasteiger partial charge in [-0.15, -0.1) is 0 Å². The van der Waals surface area contributed by atoms with Crippen molar-refractivity contribution in [2.24, 2.45) is 0 Å². The summed E-state index contributed by atoms with van der Waals surface area (Å²) in [5.41, 5.74) is 0.460. The maximum Gasteiger partial charge on any atom is 0.240 e. The van der Waals surface area contributed by atoms with Gasteiger partial charge in [-0.1, -0.05) is 0 Å². The molecule has 0 spiro atoms. The largest absolute Gasteiger partial charge is 0.491 e. The van der Waals surface area contributed by atoms with E-state index in [1.165, 1.54) is 17.0 Å². The van der Waals surface area contributed by atoms with Gasteiger partial charge >= 0.3 is 0 Å². The van der Waals surface area contributed by atoms with E-state index in [9.17, 15) is 13.2 Å². The van der Waals surface area contributed by atoms with Crippen molar-refractivity contribution in [1.29, 1.82) is 0 Å². The lowest BCUT2D eigenvalue weighted by molar-refractivity contribution is -0.118. The van der Waals surface area contributed by atoms with Crippen LogP contribution in [0.15, 0.2) is 23.1 Å². The van der Waals surface area contributed by atoms with Crippen LogP contribution < -0.4 is 14.4 Å². The second-order valence-electron chi connectivity index (χ2n) is 4.92. The minimum absolute atomic E-state index is 0.105. The zero-order chi connectivity index (χ0) is 16.2. The Morgan fingerprint density at radius 3 is 2.91 bits per heavy atom. The third-order valence-electron chi connectivity index (χ3n) is 3.37. The van der Waals surface area contributed by atoms with Crippen LogP contribution in [0.5, 0.6) is 5.75 Å². The molecule has 7 nitrogen and oxygen atoms in total. The summed E-state index contributed by atoms with van der Waals surface area (Å²) in [5.74, 6) is 0.396. The van der Waals surface area contributed by atoms with Gasteiger partial charge in [0.15, 0.2) is 0 Å². The molecule has 8 heteroatoms. The van der Waals surface area contributed by atoms with Crippen molar-refractivity contribution in [2.45, 2.75) is 17.7 Å². The van der Waals surface area contributed by atoms with Gasteiger partial charge in [0, 0.05) is 27.3 Å². The molecule has 0 unspecified atom stereocenters. The van der Waals surface area contributed by atoms with Gasteiger partial charge in [-0.3, -0.25) is 4.79 Å². The standard InChI is InChI=1S/C14H20N2O5S/c1-16-12-10-11(22(18,19)15-7-3-8-20-2)4-5-13(12)21-9-6-14(16)17/h4-5,10,15H,3,6-9H2,1-2H3. The highest BCUT2D eigenvalue weighted by Crippen LogP contribution is 2.32. The Hall–Kier alpha value is -1.64. The highest BCUT2D eigenvalue weighted by atomic mass is 32.2. The fourth-order valence-corrected chi connectivity index (χ4v) is 3.20. The van der Waals surface area contributed by atoms with Crippen LogP contribution in [0.3, 0.4) is 0 Å². The first kappa shape index (κ1) is 16.7. The molecule has 0 aromatic heterocycles. The smallest absolute Gasteiger partial charge is 0.240 e. The van der Waals surface area contributed by atoms with Crippen molar-refractivity contribution in [2.75, 3.05) is 38.8 Å². The number of rotatable bonds is 6. The van der Waals surface area contributed by atoms with Gasteiger partial charge in [0.25, 0.3) is 0 Å². The van der Waals surface area contributed by atoms with Crippen LogP contribution in [-0.4, -0.2) is 48.2 Å². The summed E-state index contributed by atoms with van der Waals surface area (Å²) in [4.78, 5) is 13.4. The van der Waals surface area contributed by atoms with Crippen LogP contribution in [0.1, 0.15) is 12.8 Å². The maximum atomic E-state index is 12.3. The third-order valence-corrected chi connectivity index (χ3v) is 4.83. The predicted octanol–water partition coefficient (Wildman–Crippen LogP) is 0.747. The zero-order valence-electron chi connectivity index (χ0n) is 12.7. The number of anilines is 1. The summed E-state index contributed by atoms with van der Waals surface area (Å²) in [6.45, 7) is 1.06. The second kappa shape index (κ2) is 7.08. The molecule has 1 aliphatic rings. The van der Waals surface area contributed by atoms with E-state index < -0.39 is 10.0 Å². The number of carbonyl (C=O) groups is 1. The Bertz CT molecular complexity index is 645. The fraction of sp³-hybridized carbons (Fsp3) is 0.500. The van der Waals surface area contributed by atoms with Crippen LogP contribution in [0, 0.1) is 0 Å². The van der Waals surface area contributed by atoms with Crippen molar-refractivity contribution in [3.8, 4) is 5.75 Å². The third kappa shape index (κ3) is 3.76. The maximum absolute atomic E-state index is 12.3. The molecular weight excluding hydrogens is 308 g/mol. The Morgan fingerprint density at radius 1 is 1.41 bits per heavy atom. The second-order valence-corrected chi connectivity index (χ2v) is 6.69. The predicted molar refractivity (Wildman–Crippen MR) is 81.6 cm³/mol. The van der Waals surface area contributed by atoms with Gasteiger partial charge in [0.2, 0.25) is 15.9 Å². The van der Waals surface area contributed by atoms with Crippen LogP contribution >= 0.6 is 0 Å². The van der Waals surface area contributed by atoms with Crippen molar-refractivity contribution >= 4 is 21.6 Å². The molecule has 0 aliphatic carbocycles. The molecule has 1 aliphatic heterocycles. The van der Waals surface area contributed by atoms with E-state index in [1.54, 1.807) is 20.2 Å². The van der Waals surface area contributed by atoms with Crippen LogP contribution in [-0.2, 0) is 19.6 Å². The molecule has 0 saturated carbocycles. The Morgan fingerprint density at radius 2 is 2.18 bits per heavy atom. The van der Waals surface area contributed by atoms with Crippen LogP contribution in [0.2, 0.25) is 0 Å². The van der Waals surface area contributed by atoms with Crippen LogP contribution in [0.4, 0.5) is 5.69 Å². The summed E-state index contributed by atoms with van der Waals surface area (Å²) < 4.78 is 37.4. The summed E-state index contributed by atoms with van der Waals surface area (Å²) in [6, 6.07) is 4.51. The SMILES string of the molecule is COCCCNS(=O)(=O)c1ccc2c(c1)N(C)C(=O)CCO2. The number of sulfonamides is 1. The minimum atomic E-state index is -3.63. The molecular formula is C14H20N2O5S. The van der Waals surface area contributed by atoms with Gasteiger partial charge in [0.05, 0.1) is 23.6 Å². The van der Waals surface area contributed by atoms with E-state index in [4.69, 9.17) is 9.47 Å². The number of hydrogen-bond acceptors (Lipinski definition) is 5. The number of hydrogen-bond donors (Lipinski definition) is 1. The number of nitrogens with one attached hydrogen (secondary N) is 1. The fourth-order valence-electron chi connectivity index (χ4n) is 2.11. The number of ether oxygens (including phenoxy) is 2. The number of fused-ring (bicyclic) bond motifs is 1. The molecule has 1 aromatic rings. The number of nitrogens with zero attached hydrogens (tertiary/aromatic N) is 1. The molecule has 22 heavy (non-hydrogen) atoms. The van der Waals surface area contributed by atoms with Gasteiger partial charge < -0.3 is 14.4 Å². The van der Waals surface area contributed by atoms with E-state index in [-0.39, 0.29) is 23.8 Å². The van der Waals surface area contributed by atoms with E-state index >= 15 is 0 Å². The average Bonchev–Trinajstić information content (AvgIpc) is 2.63. The van der Waals surface area contributed by atoms with Gasteiger partial charge in [-0.05, 0) is 24.6 Å². The van der Waals surface area contributed by atoms with Gasteiger partial charge in [-0.2, -0.15) is 0 Å². The number of methoxy groups -OCH3 is 1. The molecule has 1 N–H and O–H groups in total. The van der Waals surface area contributed by atoms with Crippen molar-refractivity contribution in [3.63, 3.8) is 0 Å². The molecule has 0 fully saturated rings. The minimum Gasteiger partial charge on any atom is -0.491 e. The monoisotopic (exact) mass is 328 g/mol. The van der Waals surface area contributed by atoms with E-state index in [0.29, 0.717) is 31.0 Å². The topological polar surface area (TPSA) is 84.9 Å². The molecule has 1 amide bonds. The molecule has 0 saturated heterocycles. The Labute approximate surface area is 130 Å². The first-order valence-corrected chi connectivity index (χ1v) is 8.46. The Balaban J connectivity index is 2.22. The molecule has 2 rings (SSSR count). The first-order chi connectivity index (χ1) is 10.5. The summed E-state index contributed by atoms with van der Waals surface area (Å²) >= 11 is 0. The Kier molecular flexibility index (Phi) is 5.38. The van der Waals surface area contributed by atoms with Crippen molar-refractivity contribution in [1.82, 2.24) is 4.72 Å². The highest BCUT2D eigenvalue weighted by molar-refractivity contribution is 7.89. The average molecular weight is 328 g/mol. The van der Waals surface area contributed by atoms with Crippen LogP contribution in [0.25, 0.3) is 0 Å². The number of carbonyl (C=O) groups excluding carboxylic acids is 1. The van der Waals surface area contributed by atoms with Crippen molar-refractivity contribution in [3.05, 3.63) is 18.2 Å². The normalized spacial score (nSPS) is 15.2. The van der Waals surface area contributed by atoms with E-state index in [2.05, 4.69) is 4.72 Å². The summed E-state index contributed by atoms with van der Waals surface area (Å²) in [5, 5.41) is 0. The number of benzene rings is 1. The summed E-state index contributed by atoms with van der Waals surface area (Å²) in [6.07, 6.45) is 0.852. The molecule has 0 radical (unpaired) electrons. The lowest BCUT2D eigenvalue weighted by atomic mass is 10.2. The molecule has 1 heterocycles. The number of amides is 1. The lowest BCUT2D eigenvalue weighted by Gasteiger charge is -2.17. The van der Waals surface area contributed by atoms with Gasteiger partial charge in [0.1, 0.15) is 5.75 Å². The lowest BCUT2D eigenvalue weighted by Crippen LogP contribution is -2.27. The van der Waals surface area contributed by atoms with E-state index in [0.717, 1.165) is 0 Å². The molecule has 1 aromatic carbocycles. The molecule has 122 valence electrons.